The zero-order valence-corrected chi connectivity index (χ0v) is 12.5. The van der Waals surface area contributed by atoms with Gasteiger partial charge in [0.05, 0.1) is 18.2 Å². The molecule has 2 aromatic rings. The second-order valence-electron chi connectivity index (χ2n) is 4.56. The summed E-state index contributed by atoms with van der Waals surface area (Å²) >= 11 is 1.47. The Morgan fingerprint density at radius 3 is 2.75 bits per heavy atom. The van der Waals surface area contributed by atoms with Gasteiger partial charge in [-0.2, -0.15) is 0 Å². The fourth-order valence-corrected chi connectivity index (χ4v) is 2.32. The lowest BCUT2D eigenvalue weighted by Crippen LogP contribution is -2.24. The molecule has 1 N–H and O–H groups in total. The van der Waals surface area contributed by atoms with Crippen molar-refractivity contribution < 1.29 is 9.53 Å². The minimum atomic E-state index is -0.172. The maximum Gasteiger partial charge on any atom is 0.255 e. The summed E-state index contributed by atoms with van der Waals surface area (Å²) in [5, 5.41) is 12.4. The summed E-state index contributed by atoms with van der Waals surface area (Å²) in [6, 6.07) is 7.21. The SMILES string of the molecule is Cc1nnc(CNC(=O)c2ccccc2OC(C)C)s1. The third-order valence-corrected chi connectivity index (χ3v) is 3.30. The molecule has 5 nitrogen and oxygen atoms in total. The predicted molar refractivity (Wildman–Crippen MR) is 78.0 cm³/mol. The Morgan fingerprint density at radius 1 is 1.35 bits per heavy atom. The average Bonchev–Trinajstić information content (AvgIpc) is 2.82. The number of carbonyl (C=O) groups is 1. The maximum absolute atomic E-state index is 12.2. The van der Waals surface area contributed by atoms with Crippen LogP contribution in [-0.2, 0) is 6.54 Å². The van der Waals surface area contributed by atoms with Crippen molar-refractivity contribution in [1.29, 1.82) is 0 Å². The molecule has 0 bridgehead atoms. The van der Waals surface area contributed by atoms with E-state index in [1.54, 1.807) is 12.1 Å². The lowest BCUT2D eigenvalue weighted by atomic mass is 10.2. The van der Waals surface area contributed by atoms with E-state index in [0.717, 1.165) is 10.0 Å². The summed E-state index contributed by atoms with van der Waals surface area (Å²) in [6.07, 6.45) is 0.0229. The molecule has 0 fully saturated rings. The topological polar surface area (TPSA) is 64.1 Å². The Hall–Kier alpha value is -1.95. The fraction of sp³-hybridized carbons (Fsp3) is 0.357. The largest absolute Gasteiger partial charge is 0.490 e. The number of para-hydroxylation sites is 1. The van der Waals surface area contributed by atoms with Crippen molar-refractivity contribution in [2.75, 3.05) is 0 Å². The number of ether oxygens (including phenoxy) is 1. The predicted octanol–water partition coefficient (Wildman–Crippen LogP) is 2.56. The van der Waals surface area contributed by atoms with Crippen LogP contribution in [0.3, 0.4) is 0 Å². The van der Waals surface area contributed by atoms with E-state index in [2.05, 4.69) is 15.5 Å². The van der Waals surface area contributed by atoms with Crippen molar-refractivity contribution >= 4 is 17.2 Å². The first-order valence-electron chi connectivity index (χ1n) is 6.39. The van der Waals surface area contributed by atoms with Gasteiger partial charge in [-0.05, 0) is 32.9 Å². The molecule has 6 heteroatoms. The normalized spacial score (nSPS) is 10.6. The maximum atomic E-state index is 12.2. The lowest BCUT2D eigenvalue weighted by molar-refractivity contribution is 0.0945. The van der Waals surface area contributed by atoms with Gasteiger partial charge in [-0.15, -0.1) is 10.2 Å². The van der Waals surface area contributed by atoms with Gasteiger partial charge < -0.3 is 10.1 Å². The molecule has 0 aliphatic rings. The quantitative estimate of drug-likeness (QED) is 0.919. The van der Waals surface area contributed by atoms with Crippen LogP contribution in [0.25, 0.3) is 0 Å². The molecule has 0 saturated heterocycles. The van der Waals surface area contributed by atoms with Crippen molar-refractivity contribution in [3.8, 4) is 5.75 Å². The monoisotopic (exact) mass is 291 g/mol. The average molecular weight is 291 g/mol. The molecule has 0 aliphatic carbocycles. The van der Waals surface area contributed by atoms with Crippen molar-refractivity contribution in [1.82, 2.24) is 15.5 Å². The number of rotatable bonds is 5. The van der Waals surface area contributed by atoms with E-state index in [9.17, 15) is 4.79 Å². The molecule has 20 heavy (non-hydrogen) atoms. The Morgan fingerprint density at radius 2 is 2.10 bits per heavy atom. The van der Waals surface area contributed by atoms with Crippen LogP contribution in [0, 0.1) is 6.92 Å². The van der Waals surface area contributed by atoms with E-state index in [0.29, 0.717) is 17.9 Å². The summed E-state index contributed by atoms with van der Waals surface area (Å²) in [7, 11) is 0. The van der Waals surface area contributed by atoms with Crippen LogP contribution in [0.4, 0.5) is 0 Å². The number of amides is 1. The van der Waals surface area contributed by atoms with Gasteiger partial charge in [0.2, 0.25) is 0 Å². The fourth-order valence-electron chi connectivity index (χ4n) is 1.67. The molecule has 0 saturated carbocycles. The van der Waals surface area contributed by atoms with Gasteiger partial charge in [0.25, 0.3) is 5.91 Å². The van der Waals surface area contributed by atoms with Gasteiger partial charge in [0.15, 0.2) is 0 Å². The first-order chi connectivity index (χ1) is 9.56. The van der Waals surface area contributed by atoms with E-state index in [1.165, 1.54) is 11.3 Å². The van der Waals surface area contributed by atoms with Crippen molar-refractivity contribution in [3.63, 3.8) is 0 Å². The van der Waals surface area contributed by atoms with Gasteiger partial charge >= 0.3 is 0 Å². The molecule has 1 heterocycles. The lowest BCUT2D eigenvalue weighted by Gasteiger charge is -2.13. The molecule has 0 atom stereocenters. The zero-order chi connectivity index (χ0) is 14.5. The number of aryl methyl sites for hydroxylation is 1. The van der Waals surface area contributed by atoms with Gasteiger partial charge in [0.1, 0.15) is 15.8 Å². The van der Waals surface area contributed by atoms with Crippen LogP contribution in [0.5, 0.6) is 5.75 Å². The smallest absolute Gasteiger partial charge is 0.255 e. The molecule has 0 radical (unpaired) electrons. The number of hydrogen-bond donors (Lipinski definition) is 1. The minimum absolute atomic E-state index is 0.0229. The molecule has 1 amide bonds. The van der Waals surface area contributed by atoms with Crippen molar-refractivity contribution in [2.45, 2.75) is 33.4 Å². The summed E-state index contributed by atoms with van der Waals surface area (Å²) in [6.45, 7) is 6.12. The third-order valence-electron chi connectivity index (χ3n) is 2.46. The Kier molecular flexibility index (Phi) is 4.68. The minimum Gasteiger partial charge on any atom is -0.490 e. The molecule has 1 aromatic carbocycles. The molecular formula is C14H17N3O2S. The number of nitrogens with one attached hydrogen (secondary N) is 1. The van der Waals surface area contributed by atoms with Crippen LogP contribution in [0.15, 0.2) is 24.3 Å². The Balaban J connectivity index is 2.05. The summed E-state index contributed by atoms with van der Waals surface area (Å²) < 4.78 is 5.64. The molecule has 106 valence electrons. The van der Waals surface area contributed by atoms with Crippen molar-refractivity contribution in [3.05, 3.63) is 39.8 Å². The highest BCUT2D eigenvalue weighted by atomic mass is 32.1. The molecule has 0 spiro atoms. The van der Waals surface area contributed by atoms with Crippen LogP contribution in [0.2, 0.25) is 0 Å². The Labute approximate surface area is 122 Å². The van der Waals surface area contributed by atoms with E-state index in [-0.39, 0.29) is 12.0 Å². The number of hydrogen-bond acceptors (Lipinski definition) is 5. The highest BCUT2D eigenvalue weighted by Crippen LogP contribution is 2.19. The molecule has 2 rings (SSSR count). The third kappa shape index (κ3) is 3.77. The van der Waals surface area contributed by atoms with E-state index in [1.807, 2.05) is 32.9 Å². The van der Waals surface area contributed by atoms with Gasteiger partial charge in [-0.3, -0.25) is 4.79 Å². The number of nitrogens with zero attached hydrogens (tertiary/aromatic N) is 2. The van der Waals surface area contributed by atoms with E-state index in [4.69, 9.17) is 4.74 Å². The van der Waals surface area contributed by atoms with Gasteiger partial charge in [-0.1, -0.05) is 23.5 Å². The second kappa shape index (κ2) is 6.47. The molecular weight excluding hydrogens is 274 g/mol. The van der Waals surface area contributed by atoms with Crippen LogP contribution >= 0.6 is 11.3 Å². The standard InChI is InChI=1S/C14H17N3O2S/c1-9(2)19-12-7-5-4-6-11(12)14(18)15-8-13-17-16-10(3)20-13/h4-7,9H,8H2,1-3H3,(H,15,18). The van der Waals surface area contributed by atoms with Crippen LogP contribution in [0.1, 0.15) is 34.2 Å². The van der Waals surface area contributed by atoms with E-state index >= 15 is 0 Å². The molecule has 0 aliphatic heterocycles. The first kappa shape index (κ1) is 14.5. The second-order valence-corrected chi connectivity index (χ2v) is 5.83. The highest BCUT2D eigenvalue weighted by molar-refractivity contribution is 7.11. The van der Waals surface area contributed by atoms with Gasteiger partial charge in [-0.25, -0.2) is 0 Å². The number of benzene rings is 1. The molecule has 1 aromatic heterocycles. The zero-order valence-electron chi connectivity index (χ0n) is 11.7. The van der Waals surface area contributed by atoms with E-state index < -0.39 is 0 Å². The number of aromatic nitrogens is 2. The first-order valence-corrected chi connectivity index (χ1v) is 7.21. The van der Waals surface area contributed by atoms with Crippen LogP contribution < -0.4 is 10.1 Å². The van der Waals surface area contributed by atoms with Gasteiger partial charge in [0, 0.05) is 0 Å². The summed E-state index contributed by atoms with van der Waals surface area (Å²) in [4.78, 5) is 12.2. The number of carbonyl (C=O) groups excluding carboxylic acids is 1. The summed E-state index contributed by atoms with van der Waals surface area (Å²) in [5.74, 6) is 0.419. The Bertz CT molecular complexity index is 596. The van der Waals surface area contributed by atoms with Crippen molar-refractivity contribution in [2.24, 2.45) is 0 Å². The molecule has 0 unspecified atom stereocenters. The highest BCUT2D eigenvalue weighted by Gasteiger charge is 2.13. The summed E-state index contributed by atoms with van der Waals surface area (Å²) in [5.41, 5.74) is 0.530. The van der Waals surface area contributed by atoms with Crippen LogP contribution in [-0.4, -0.2) is 22.2 Å².